The van der Waals surface area contributed by atoms with Crippen molar-refractivity contribution in [3.05, 3.63) is 59.7 Å². The second-order valence-electron chi connectivity index (χ2n) is 4.83. The number of rotatable bonds is 7. The fourth-order valence-electron chi connectivity index (χ4n) is 2.23. The third-order valence-electron chi connectivity index (χ3n) is 3.18. The number of nitrogens with zero attached hydrogens (tertiary/aromatic N) is 1. The van der Waals surface area contributed by atoms with Gasteiger partial charge in [0.1, 0.15) is 5.82 Å². The lowest BCUT2D eigenvalue weighted by atomic mass is 10.00. The highest BCUT2D eigenvalue weighted by Gasteiger charge is 2.14. The second kappa shape index (κ2) is 8.15. The molecule has 112 valence electrons. The van der Waals surface area contributed by atoms with Gasteiger partial charge in [-0.25, -0.2) is 4.39 Å². The molecule has 2 nitrogen and oxygen atoms in total. The first kappa shape index (κ1) is 16.0. The Balaban J connectivity index is 2.26. The summed E-state index contributed by atoms with van der Waals surface area (Å²) in [5, 5.41) is 3.47. The van der Waals surface area contributed by atoms with Gasteiger partial charge in [-0.3, -0.25) is 4.98 Å². The van der Waals surface area contributed by atoms with Crippen molar-refractivity contribution in [2.24, 2.45) is 0 Å². The Hall–Kier alpha value is -1.39. The molecule has 1 heterocycles. The predicted octanol–water partition coefficient (Wildman–Crippen LogP) is 4.42. The van der Waals surface area contributed by atoms with Gasteiger partial charge >= 0.3 is 0 Å². The lowest BCUT2D eigenvalue weighted by Crippen LogP contribution is -2.23. The van der Waals surface area contributed by atoms with E-state index in [0.717, 1.165) is 29.8 Å². The standard InChI is InChI=1S/C17H21FN2S/c1-3-9-20-17(14-10-15(18)12-19-11-14)13-5-7-16(8-6-13)21-4-2/h5-8,10-12,17,20H,3-4,9H2,1-2H3. The minimum atomic E-state index is -0.297. The van der Waals surface area contributed by atoms with Crippen molar-refractivity contribution in [3.8, 4) is 0 Å². The van der Waals surface area contributed by atoms with E-state index in [4.69, 9.17) is 0 Å². The first-order valence-corrected chi connectivity index (χ1v) is 8.29. The van der Waals surface area contributed by atoms with E-state index in [2.05, 4.69) is 48.4 Å². The average molecular weight is 304 g/mol. The van der Waals surface area contributed by atoms with Gasteiger partial charge in [-0.15, -0.1) is 11.8 Å². The average Bonchev–Trinajstić information content (AvgIpc) is 2.50. The molecule has 0 amide bonds. The van der Waals surface area contributed by atoms with Gasteiger partial charge in [-0.1, -0.05) is 26.0 Å². The molecule has 1 aromatic heterocycles. The molecule has 0 bridgehead atoms. The molecule has 0 fully saturated rings. The number of benzene rings is 1. The summed E-state index contributed by atoms with van der Waals surface area (Å²) >= 11 is 1.82. The highest BCUT2D eigenvalue weighted by molar-refractivity contribution is 7.99. The van der Waals surface area contributed by atoms with Gasteiger partial charge in [0.2, 0.25) is 0 Å². The van der Waals surface area contributed by atoms with E-state index < -0.39 is 0 Å². The summed E-state index contributed by atoms with van der Waals surface area (Å²) in [6.07, 6.45) is 4.00. The normalized spacial score (nSPS) is 12.3. The van der Waals surface area contributed by atoms with Crippen LogP contribution in [0.25, 0.3) is 0 Å². The lowest BCUT2D eigenvalue weighted by molar-refractivity contribution is 0.580. The molecule has 2 aromatic rings. The third-order valence-corrected chi connectivity index (χ3v) is 4.08. The molecular weight excluding hydrogens is 283 g/mol. The smallest absolute Gasteiger partial charge is 0.141 e. The molecule has 0 saturated carbocycles. The minimum Gasteiger partial charge on any atom is -0.306 e. The van der Waals surface area contributed by atoms with Crippen molar-refractivity contribution in [2.45, 2.75) is 31.2 Å². The molecule has 0 saturated heterocycles. The molecule has 2 rings (SSSR count). The van der Waals surface area contributed by atoms with Gasteiger partial charge in [0.15, 0.2) is 0 Å². The van der Waals surface area contributed by atoms with E-state index in [1.54, 1.807) is 12.3 Å². The van der Waals surface area contributed by atoms with E-state index in [0.29, 0.717) is 0 Å². The van der Waals surface area contributed by atoms with Crippen LogP contribution >= 0.6 is 11.8 Å². The Morgan fingerprint density at radius 2 is 1.90 bits per heavy atom. The molecule has 0 spiro atoms. The van der Waals surface area contributed by atoms with E-state index in [1.165, 1.54) is 11.1 Å². The Labute approximate surface area is 130 Å². The molecule has 1 atom stereocenters. The summed E-state index contributed by atoms with van der Waals surface area (Å²) in [6, 6.07) is 9.99. The first-order valence-electron chi connectivity index (χ1n) is 7.31. The Morgan fingerprint density at radius 3 is 2.52 bits per heavy atom. The van der Waals surface area contributed by atoms with E-state index in [1.807, 2.05) is 11.8 Å². The summed E-state index contributed by atoms with van der Waals surface area (Å²) in [6.45, 7) is 5.14. The largest absolute Gasteiger partial charge is 0.306 e. The number of hydrogen-bond acceptors (Lipinski definition) is 3. The molecule has 4 heteroatoms. The minimum absolute atomic E-state index is 0.0196. The molecule has 21 heavy (non-hydrogen) atoms. The highest BCUT2D eigenvalue weighted by atomic mass is 32.2. The van der Waals surface area contributed by atoms with Crippen molar-refractivity contribution in [2.75, 3.05) is 12.3 Å². The number of thioether (sulfide) groups is 1. The van der Waals surface area contributed by atoms with Crippen molar-refractivity contribution in [1.82, 2.24) is 10.3 Å². The zero-order chi connectivity index (χ0) is 15.1. The zero-order valence-corrected chi connectivity index (χ0v) is 13.3. The van der Waals surface area contributed by atoms with Gasteiger partial charge in [0.25, 0.3) is 0 Å². The molecule has 0 aliphatic rings. The van der Waals surface area contributed by atoms with Crippen LogP contribution in [0.1, 0.15) is 37.4 Å². The van der Waals surface area contributed by atoms with Crippen LogP contribution < -0.4 is 5.32 Å². The quantitative estimate of drug-likeness (QED) is 0.766. The summed E-state index contributed by atoms with van der Waals surface area (Å²) in [4.78, 5) is 5.22. The maximum absolute atomic E-state index is 13.4. The topological polar surface area (TPSA) is 24.9 Å². The van der Waals surface area contributed by atoms with Crippen LogP contribution in [0, 0.1) is 5.82 Å². The fraction of sp³-hybridized carbons (Fsp3) is 0.353. The van der Waals surface area contributed by atoms with E-state index in [9.17, 15) is 4.39 Å². The molecule has 0 radical (unpaired) electrons. The summed E-state index contributed by atoms with van der Waals surface area (Å²) in [5.41, 5.74) is 2.00. The lowest BCUT2D eigenvalue weighted by Gasteiger charge is -2.19. The van der Waals surface area contributed by atoms with Crippen LogP contribution in [0.2, 0.25) is 0 Å². The molecule has 0 aliphatic heterocycles. The van der Waals surface area contributed by atoms with E-state index in [-0.39, 0.29) is 11.9 Å². The summed E-state index contributed by atoms with van der Waals surface area (Å²) < 4.78 is 13.4. The monoisotopic (exact) mass is 304 g/mol. The summed E-state index contributed by atoms with van der Waals surface area (Å²) in [7, 11) is 0. The van der Waals surface area contributed by atoms with Crippen LogP contribution in [0.3, 0.4) is 0 Å². The predicted molar refractivity (Wildman–Crippen MR) is 87.2 cm³/mol. The van der Waals surface area contributed by atoms with Gasteiger partial charge in [-0.2, -0.15) is 0 Å². The maximum atomic E-state index is 13.4. The Kier molecular flexibility index (Phi) is 6.21. The van der Waals surface area contributed by atoms with Crippen LogP contribution in [0.15, 0.2) is 47.6 Å². The van der Waals surface area contributed by atoms with Crippen LogP contribution in [0.5, 0.6) is 0 Å². The highest BCUT2D eigenvalue weighted by Crippen LogP contribution is 2.25. The van der Waals surface area contributed by atoms with E-state index >= 15 is 0 Å². The maximum Gasteiger partial charge on any atom is 0.141 e. The van der Waals surface area contributed by atoms with Crippen LogP contribution in [-0.4, -0.2) is 17.3 Å². The molecule has 1 aromatic carbocycles. The first-order chi connectivity index (χ1) is 10.2. The second-order valence-corrected chi connectivity index (χ2v) is 6.16. The Bertz CT molecular complexity index is 557. The fourth-order valence-corrected chi connectivity index (χ4v) is 2.89. The van der Waals surface area contributed by atoms with Crippen LogP contribution in [0.4, 0.5) is 4.39 Å². The number of halogens is 1. The van der Waals surface area contributed by atoms with Crippen molar-refractivity contribution < 1.29 is 4.39 Å². The van der Waals surface area contributed by atoms with Gasteiger partial charge in [0.05, 0.1) is 12.2 Å². The Morgan fingerprint density at radius 1 is 1.14 bits per heavy atom. The molecular formula is C17H21FN2S. The number of nitrogens with one attached hydrogen (secondary N) is 1. The molecule has 0 aliphatic carbocycles. The van der Waals surface area contributed by atoms with Gasteiger partial charge < -0.3 is 5.32 Å². The third kappa shape index (κ3) is 4.55. The number of pyridine rings is 1. The van der Waals surface area contributed by atoms with Crippen molar-refractivity contribution >= 4 is 11.8 Å². The number of hydrogen-bond donors (Lipinski definition) is 1. The van der Waals surface area contributed by atoms with Crippen molar-refractivity contribution in [3.63, 3.8) is 0 Å². The zero-order valence-electron chi connectivity index (χ0n) is 12.5. The van der Waals surface area contributed by atoms with Gasteiger partial charge in [-0.05, 0) is 48.0 Å². The molecule has 1 N–H and O–H groups in total. The number of aromatic nitrogens is 1. The van der Waals surface area contributed by atoms with Crippen LogP contribution in [-0.2, 0) is 0 Å². The van der Waals surface area contributed by atoms with Crippen molar-refractivity contribution in [1.29, 1.82) is 0 Å². The SMILES string of the molecule is CCCNC(c1ccc(SCC)cc1)c1cncc(F)c1. The summed E-state index contributed by atoms with van der Waals surface area (Å²) in [5.74, 6) is 0.763. The molecule has 1 unspecified atom stereocenters. The van der Waals surface area contributed by atoms with Gasteiger partial charge in [0, 0.05) is 11.1 Å².